The Morgan fingerprint density at radius 1 is 1.42 bits per heavy atom. The molecule has 1 aromatic carbocycles. The van der Waals surface area contributed by atoms with E-state index in [1.807, 2.05) is 12.1 Å². The summed E-state index contributed by atoms with van der Waals surface area (Å²) in [6, 6.07) is 9.41. The minimum absolute atomic E-state index is 0.563. The highest BCUT2D eigenvalue weighted by Crippen LogP contribution is 2.21. The molecule has 0 aliphatic rings. The molecule has 0 spiro atoms. The summed E-state index contributed by atoms with van der Waals surface area (Å²) in [5.74, 6) is 0. The summed E-state index contributed by atoms with van der Waals surface area (Å²) in [7, 11) is 0. The van der Waals surface area contributed by atoms with E-state index in [2.05, 4.69) is 11.1 Å². The lowest BCUT2D eigenvalue weighted by Gasteiger charge is -1.90. The fourth-order valence-corrected chi connectivity index (χ4v) is 1.43. The van der Waals surface area contributed by atoms with E-state index in [4.69, 9.17) is 16.9 Å². The molecule has 0 bridgehead atoms. The smallest absolute Gasteiger partial charge is 0.107 e. The number of nitriles is 1. The summed E-state index contributed by atoms with van der Waals surface area (Å²) in [5.41, 5.74) is 1.43. The van der Waals surface area contributed by atoms with Crippen LogP contribution in [0.4, 0.5) is 0 Å². The van der Waals surface area contributed by atoms with Gasteiger partial charge in [0.05, 0.1) is 11.1 Å². The van der Waals surface area contributed by atoms with Gasteiger partial charge in [0, 0.05) is 5.39 Å². The topological polar surface area (TPSA) is 39.6 Å². The minimum Gasteiger partial charge on any atom is -0.345 e. The van der Waals surface area contributed by atoms with E-state index in [1.165, 1.54) is 0 Å². The molecule has 1 aromatic heterocycles. The second-order valence-corrected chi connectivity index (χ2v) is 2.91. The van der Waals surface area contributed by atoms with Crippen molar-refractivity contribution in [2.24, 2.45) is 0 Å². The van der Waals surface area contributed by atoms with Gasteiger partial charge in [-0.2, -0.15) is 5.26 Å². The molecular formula is C9H5ClN2. The molecule has 0 aliphatic carbocycles. The van der Waals surface area contributed by atoms with E-state index in [-0.39, 0.29) is 0 Å². The summed E-state index contributed by atoms with van der Waals surface area (Å²) in [5, 5.41) is 10.3. The highest BCUT2D eigenvalue weighted by molar-refractivity contribution is 6.30. The third-order valence-electron chi connectivity index (χ3n) is 1.74. The van der Waals surface area contributed by atoms with Crippen molar-refractivity contribution < 1.29 is 0 Å². The van der Waals surface area contributed by atoms with Crippen LogP contribution >= 0.6 is 11.6 Å². The molecule has 0 amide bonds. The van der Waals surface area contributed by atoms with Crippen molar-refractivity contribution >= 4 is 22.5 Å². The third-order valence-corrected chi connectivity index (χ3v) is 1.95. The Morgan fingerprint density at radius 2 is 2.25 bits per heavy atom. The van der Waals surface area contributed by atoms with Crippen molar-refractivity contribution in [3.05, 3.63) is 35.0 Å². The van der Waals surface area contributed by atoms with Crippen LogP contribution in [0.25, 0.3) is 10.9 Å². The van der Waals surface area contributed by atoms with E-state index >= 15 is 0 Å². The average molecular weight is 177 g/mol. The Kier molecular flexibility index (Phi) is 1.53. The van der Waals surface area contributed by atoms with E-state index in [0.29, 0.717) is 10.7 Å². The first kappa shape index (κ1) is 7.20. The van der Waals surface area contributed by atoms with E-state index in [9.17, 15) is 0 Å². The summed E-state index contributed by atoms with van der Waals surface area (Å²) < 4.78 is 0. The second-order valence-electron chi connectivity index (χ2n) is 2.50. The number of nitrogens with zero attached hydrogens (tertiary/aromatic N) is 1. The molecular weight excluding hydrogens is 172 g/mol. The third kappa shape index (κ3) is 0.956. The number of fused-ring (bicyclic) bond motifs is 1. The van der Waals surface area contributed by atoms with Gasteiger partial charge in [-0.25, -0.2) is 0 Å². The molecule has 58 valence electrons. The first-order chi connectivity index (χ1) is 5.81. The molecule has 0 aliphatic heterocycles. The molecule has 1 N–H and O–H groups in total. The van der Waals surface area contributed by atoms with E-state index in [1.54, 1.807) is 12.1 Å². The van der Waals surface area contributed by atoms with Gasteiger partial charge in [-0.3, -0.25) is 0 Å². The Hall–Kier alpha value is -1.46. The van der Waals surface area contributed by atoms with Crippen molar-refractivity contribution in [3.8, 4) is 6.07 Å². The van der Waals surface area contributed by atoms with Crippen LogP contribution in [-0.4, -0.2) is 4.98 Å². The predicted molar refractivity (Wildman–Crippen MR) is 48.0 cm³/mol. The van der Waals surface area contributed by atoms with Crippen LogP contribution in [0, 0.1) is 11.3 Å². The fourth-order valence-electron chi connectivity index (χ4n) is 1.22. The average Bonchev–Trinajstić information content (AvgIpc) is 2.44. The highest BCUT2D eigenvalue weighted by Gasteiger charge is 2.02. The number of benzene rings is 1. The number of H-pyrrole nitrogens is 1. The molecule has 0 atom stereocenters. The van der Waals surface area contributed by atoms with Crippen LogP contribution in [0.15, 0.2) is 24.3 Å². The second kappa shape index (κ2) is 2.54. The molecule has 0 fully saturated rings. The monoisotopic (exact) mass is 176 g/mol. The Labute approximate surface area is 74.4 Å². The molecule has 2 nitrogen and oxygen atoms in total. The van der Waals surface area contributed by atoms with Crippen molar-refractivity contribution in [3.63, 3.8) is 0 Å². The van der Waals surface area contributed by atoms with Gasteiger partial charge in [-0.05, 0) is 12.1 Å². The van der Waals surface area contributed by atoms with E-state index in [0.717, 1.165) is 10.9 Å². The lowest BCUT2D eigenvalue weighted by Crippen LogP contribution is -1.75. The largest absolute Gasteiger partial charge is 0.345 e. The number of rotatable bonds is 0. The van der Waals surface area contributed by atoms with Gasteiger partial charge in [0.15, 0.2) is 0 Å². The molecule has 1 heterocycles. The van der Waals surface area contributed by atoms with Gasteiger partial charge in [0.25, 0.3) is 0 Å². The van der Waals surface area contributed by atoms with Crippen LogP contribution < -0.4 is 0 Å². The summed E-state index contributed by atoms with van der Waals surface area (Å²) >= 11 is 5.75. The Morgan fingerprint density at radius 3 is 3.00 bits per heavy atom. The molecule has 2 rings (SSSR count). The maximum Gasteiger partial charge on any atom is 0.107 e. The normalized spacial score (nSPS) is 10.0. The molecule has 0 saturated carbocycles. The van der Waals surface area contributed by atoms with Gasteiger partial charge in [0.1, 0.15) is 11.2 Å². The maximum absolute atomic E-state index is 8.73. The Bertz CT molecular complexity index is 465. The molecule has 0 unspecified atom stereocenters. The standard InChI is InChI=1S/C9H5ClN2/c10-8-4-6-2-1-3-7(5-11)9(6)12-8/h1-4,12H. The molecule has 0 saturated heterocycles. The summed E-state index contributed by atoms with van der Waals surface area (Å²) in [6.07, 6.45) is 0. The lowest BCUT2D eigenvalue weighted by molar-refractivity contribution is 1.44. The van der Waals surface area contributed by atoms with Crippen LogP contribution in [0.1, 0.15) is 5.56 Å². The van der Waals surface area contributed by atoms with Crippen LogP contribution in [0.3, 0.4) is 0 Å². The number of nitrogens with one attached hydrogen (secondary N) is 1. The zero-order chi connectivity index (χ0) is 8.55. The lowest BCUT2D eigenvalue weighted by atomic mass is 10.2. The van der Waals surface area contributed by atoms with Gasteiger partial charge in [0.2, 0.25) is 0 Å². The number of halogens is 1. The first-order valence-corrected chi connectivity index (χ1v) is 3.86. The quantitative estimate of drug-likeness (QED) is 0.659. The van der Waals surface area contributed by atoms with Crippen LogP contribution in [0.5, 0.6) is 0 Å². The highest BCUT2D eigenvalue weighted by atomic mass is 35.5. The minimum atomic E-state index is 0.563. The number of hydrogen-bond donors (Lipinski definition) is 1. The number of aromatic nitrogens is 1. The predicted octanol–water partition coefficient (Wildman–Crippen LogP) is 2.69. The van der Waals surface area contributed by atoms with Crippen molar-refractivity contribution in [1.29, 1.82) is 5.26 Å². The van der Waals surface area contributed by atoms with Crippen molar-refractivity contribution in [1.82, 2.24) is 4.98 Å². The summed E-state index contributed by atoms with van der Waals surface area (Å²) in [6.45, 7) is 0. The SMILES string of the molecule is N#Cc1cccc2cc(Cl)[nH]c12. The number of aromatic amines is 1. The van der Waals surface area contributed by atoms with Crippen molar-refractivity contribution in [2.45, 2.75) is 0 Å². The molecule has 0 radical (unpaired) electrons. The molecule has 2 aromatic rings. The zero-order valence-corrected chi connectivity index (χ0v) is 6.89. The molecule has 12 heavy (non-hydrogen) atoms. The maximum atomic E-state index is 8.73. The van der Waals surface area contributed by atoms with Gasteiger partial charge < -0.3 is 4.98 Å². The number of hydrogen-bond acceptors (Lipinski definition) is 1. The van der Waals surface area contributed by atoms with Gasteiger partial charge >= 0.3 is 0 Å². The zero-order valence-electron chi connectivity index (χ0n) is 6.13. The molecule has 3 heteroatoms. The summed E-state index contributed by atoms with van der Waals surface area (Å²) in [4.78, 5) is 2.92. The van der Waals surface area contributed by atoms with Crippen LogP contribution in [0.2, 0.25) is 5.15 Å². The van der Waals surface area contributed by atoms with Crippen LogP contribution in [-0.2, 0) is 0 Å². The first-order valence-electron chi connectivity index (χ1n) is 3.48. The van der Waals surface area contributed by atoms with Gasteiger partial charge in [-0.15, -0.1) is 0 Å². The Balaban J connectivity index is 2.89. The number of para-hydroxylation sites is 1. The van der Waals surface area contributed by atoms with Gasteiger partial charge in [-0.1, -0.05) is 23.7 Å². The van der Waals surface area contributed by atoms with E-state index < -0.39 is 0 Å². The fraction of sp³-hybridized carbons (Fsp3) is 0. The van der Waals surface area contributed by atoms with Crippen molar-refractivity contribution in [2.75, 3.05) is 0 Å².